The highest BCUT2D eigenvalue weighted by molar-refractivity contribution is 6.31. The number of methoxy groups -OCH3 is 1. The van der Waals surface area contributed by atoms with Crippen LogP contribution >= 0.6 is 11.6 Å². The molecule has 0 atom stereocenters. The van der Waals surface area contributed by atoms with Crippen molar-refractivity contribution < 1.29 is 31.4 Å². The number of aromatic nitrogens is 1. The van der Waals surface area contributed by atoms with Gasteiger partial charge in [-0.25, -0.2) is 13.8 Å². The number of hydrogen-bond acceptors (Lipinski definition) is 3. The Bertz CT molecular complexity index is 410. The predicted molar refractivity (Wildman–Crippen MR) is 47.4 cm³/mol. The summed E-state index contributed by atoms with van der Waals surface area (Å²) in [5, 5.41) is -0.821. The van der Waals surface area contributed by atoms with Crippen LogP contribution in [0.3, 0.4) is 0 Å². The van der Waals surface area contributed by atoms with E-state index in [1.165, 1.54) is 0 Å². The molecule has 1 aromatic heterocycles. The molecule has 0 N–H and O–H groups in total. The van der Waals surface area contributed by atoms with E-state index in [1.807, 2.05) is 0 Å². The van der Waals surface area contributed by atoms with Crippen molar-refractivity contribution in [2.24, 2.45) is 0 Å². The average molecular weight is 278 g/mol. The van der Waals surface area contributed by atoms with Gasteiger partial charge in [-0.2, -0.15) is 0 Å². The van der Waals surface area contributed by atoms with Gasteiger partial charge in [0.2, 0.25) is 0 Å². The molecule has 1 heterocycles. The lowest BCUT2D eigenvalue weighted by atomic mass is 10.2. The number of nitrogens with zero attached hydrogens (tertiary/aromatic N) is 1. The standard InChI is InChI=1S/C8H5ClF5NO2/c1-16-3-2-15-6(9)5(4(3)7(10)11)17-8(12,13)14/h2,7H,1H3. The molecule has 1 aromatic rings. The number of rotatable bonds is 3. The third kappa shape index (κ3) is 3.32. The summed E-state index contributed by atoms with van der Waals surface area (Å²) in [5.41, 5.74) is -1.09. The van der Waals surface area contributed by atoms with Crippen molar-refractivity contribution in [3.63, 3.8) is 0 Å². The minimum absolute atomic E-state index is 0.538. The summed E-state index contributed by atoms with van der Waals surface area (Å²) >= 11 is 5.28. The lowest BCUT2D eigenvalue weighted by Gasteiger charge is -2.15. The van der Waals surface area contributed by atoms with E-state index in [1.54, 1.807) is 0 Å². The van der Waals surface area contributed by atoms with Crippen LogP contribution in [0.25, 0.3) is 0 Å². The first-order chi connectivity index (χ1) is 7.76. The Morgan fingerprint density at radius 2 is 1.94 bits per heavy atom. The van der Waals surface area contributed by atoms with Gasteiger partial charge in [0.25, 0.3) is 6.43 Å². The van der Waals surface area contributed by atoms with Crippen LogP contribution in [-0.2, 0) is 0 Å². The molecular weight excluding hydrogens is 273 g/mol. The van der Waals surface area contributed by atoms with Gasteiger partial charge in [0, 0.05) is 0 Å². The summed E-state index contributed by atoms with van der Waals surface area (Å²) in [5.74, 6) is -1.79. The van der Waals surface area contributed by atoms with Gasteiger partial charge >= 0.3 is 6.36 Å². The van der Waals surface area contributed by atoms with Crippen LogP contribution in [-0.4, -0.2) is 18.5 Å². The first-order valence-corrected chi connectivity index (χ1v) is 4.40. The molecule has 0 aliphatic heterocycles. The molecule has 0 saturated carbocycles. The normalized spacial score (nSPS) is 11.8. The summed E-state index contributed by atoms with van der Waals surface area (Å²) in [6, 6.07) is 0. The lowest BCUT2D eigenvalue weighted by Crippen LogP contribution is -2.19. The molecule has 0 aliphatic carbocycles. The quantitative estimate of drug-likeness (QED) is 0.625. The van der Waals surface area contributed by atoms with Crippen LogP contribution in [0.5, 0.6) is 11.5 Å². The molecule has 0 amide bonds. The molecule has 17 heavy (non-hydrogen) atoms. The van der Waals surface area contributed by atoms with Crippen LogP contribution in [0, 0.1) is 0 Å². The van der Waals surface area contributed by atoms with E-state index in [2.05, 4.69) is 14.5 Å². The van der Waals surface area contributed by atoms with Gasteiger partial charge in [0.1, 0.15) is 11.3 Å². The van der Waals surface area contributed by atoms with Gasteiger partial charge in [-0.3, -0.25) is 0 Å². The van der Waals surface area contributed by atoms with Crippen molar-refractivity contribution >= 4 is 11.6 Å². The minimum Gasteiger partial charge on any atom is -0.494 e. The van der Waals surface area contributed by atoms with Gasteiger partial charge in [-0.1, -0.05) is 11.6 Å². The molecule has 3 nitrogen and oxygen atoms in total. The fourth-order valence-electron chi connectivity index (χ4n) is 1.05. The summed E-state index contributed by atoms with van der Waals surface area (Å²) in [6.45, 7) is 0. The molecular formula is C8H5ClF5NO2. The summed E-state index contributed by atoms with van der Waals surface area (Å²) in [4.78, 5) is 3.26. The topological polar surface area (TPSA) is 31.4 Å². The maximum absolute atomic E-state index is 12.6. The zero-order valence-corrected chi connectivity index (χ0v) is 8.94. The van der Waals surface area contributed by atoms with Crippen molar-refractivity contribution in [2.45, 2.75) is 12.8 Å². The summed E-state index contributed by atoms with van der Waals surface area (Å²) in [6.07, 6.45) is -7.61. The third-order valence-corrected chi connectivity index (χ3v) is 1.92. The smallest absolute Gasteiger partial charge is 0.494 e. The Morgan fingerprint density at radius 1 is 1.35 bits per heavy atom. The van der Waals surface area contributed by atoms with Crippen molar-refractivity contribution in [1.82, 2.24) is 4.98 Å². The number of halogens is 6. The fourth-order valence-corrected chi connectivity index (χ4v) is 1.24. The van der Waals surface area contributed by atoms with E-state index in [-0.39, 0.29) is 0 Å². The molecule has 96 valence electrons. The van der Waals surface area contributed by atoms with Gasteiger partial charge < -0.3 is 9.47 Å². The fraction of sp³-hybridized carbons (Fsp3) is 0.375. The second-order valence-corrected chi connectivity index (χ2v) is 3.07. The number of hydrogen-bond donors (Lipinski definition) is 0. The van der Waals surface area contributed by atoms with E-state index < -0.39 is 35.0 Å². The molecule has 0 aliphatic rings. The average Bonchev–Trinajstić information content (AvgIpc) is 2.18. The van der Waals surface area contributed by atoms with Crippen LogP contribution in [0.4, 0.5) is 22.0 Å². The largest absolute Gasteiger partial charge is 0.573 e. The van der Waals surface area contributed by atoms with E-state index >= 15 is 0 Å². The molecule has 0 unspecified atom stereocenters. The number of ether oxygens (including phenoxy) is 2. The first kappa shape index (κ1) is 13.8. The van der Waals surface area contributed by atoms with Crippen LogP contribution in [0.1, 0.15) is 12.0 Å². The maximum Gasteiger partial charge on any atom is 0.573 e. The third-order valence-electron chi connectivity index (χ3n) is 1.65. The Balaban J connectivity index is 3.34. The van der Waals surface area contributed by atoms with Gasteiger partial charge in [0.15, 0.2) is 10.9 Å². The Morgan fingerprint density at radius 3 is 2.35 bits per heavy atom. The molecule has 9 heteroatoms. The Hall–Kier alpha value is -1.31. The van der Waals surface area contributed by atoms with E-state index in [4.69, 9.17) is 11.6 Å². The summed E-state index contributed by atoms with van der Waals surface area (Å²) < 4.78 is 69.1. The summed E-state index contributed by atoms with van der Waals surface area (Å²) in [7, 11) is 1.01. The highest BCUT2D eigenvalue weighted by Gasteiger charge is 2.36. The Kier molecular flexibility index (Phi) is 3.97. The molecule has 0 radical (unpaired) electrons. The molecule has 0 aromatic carbocycles. The second kappa shape index (κ2) is 4.91. The van der Waals surface area contributed by atoms with E-state index in [0.717, 1.165) is 13.3 Å². The highest BCUT2D eigenvalue weighted by Crippen LogP contribution is 2.42. The molecule has 0 fully saturated rings. The van der Waals surface area contributed by atoms with Crippen molar-refractivity contribution in [3.8, 4) is 11.5 Å². The van der Waals surface area contributed by atoms with Crippen molar-refractivity contribution in [3.05, 3.63) is 16.9 Å². The molecule has 0 bridgehead atoms. The van der Waals surface area contributed by atoms with Crippen molar-refractivity contribution in [1.29, 1.82) is 0 Å². The number of alkyl halides is 5. The second-order valence-electron chi connectivity index (χ2n) is 2.71. The minimum atomic E-state index is -5.15. The number of pyridine rings is 1. The van der Waals surface area contributed by atoms with Crippen LogP contribution in [0.2, 0.25) is 5.15 Å². The van der Waals surface area contributed by atoms with Crippen LogP contribution in [0.15, 0.2) is 6.20 Å². The first-order valence-electron chi connectivity index (χ1n) is 4.02. The molecule has 1 rings (SSSR count). The monoisotopic (exact) mass is 277 g/mol. The maximum atomic E-state index is 12.6. The van der Waals surface area contributed by atoms with Gasteiger partial charge in [-0.15, -0.1) is 13.2 Å². The Labute approximate surface area is 97.1 Å². The van der Waals surface area contributed by atoms with Gasteiger partial charge in [-0.05, 0) is 0 Å². The van der Waals surface area contributed by atoms with E-state index in [9.17, 15) is 22.0 Å². The van der Waals surface area contributed by atoms with E-state index in [0.29, 0.717) is 0 Å². The SMILES string of the molecule is COc1cnc(Cl)c(OC(F)(F)F)c1C(F)F. The zero-order chi connectivity index (χ0) is 13.2. The predicted octanol–water partition coefficient (Wildman–Crippen LogP) is 3.58. The molecule has 0 saturated heterocycles. The van der Waals surface area contributed by atoms with Crippen LogP contribution < -0.4 is 9.47 Å². The molecule has 0 spiro atoms. The highest BCUT2D eigenvalue weighted by atomic mass is 35.5. The van der Waals surface area contributed by atoms with Gasteiger partial charge in [0.05, 0.1) is 13.3 Å². The lowest BCUT2D eigenvalue weighted by molar-refractivity contribution is -0.275. The zero-order valence-electron chi connectivity index (χ0n) is 8.19. The van der Waals surface area contributed by atoms with Crippen molar-refractivity contribution in [2.75, 3.05) is 7.11 Å².